The molecule has 0 aromatic heterocycles. The summed E-state index contributed by atoms with van der Waals surface area (Å²) in [6.07, 6.45) is 0. The van der Waals surface area contributed by atoms with Crippen molar-refractivity contribution in [3.05, 3.63) is 69.7 Å². The van der Waals surface area contributed by atoms with E-state index >= 15 is 0 Å². The highest BCUT2D eigenvalue weighted by Crippen LogP contribution is 2.12. The molecule has 94 valence electrons. The van der Waals surface area contributed by atoms with Gasteiger partial charge in [0, 0.05) is 17.6 Å². The van der Waals surface area contributed by atoms with Crippen molar-refractivity contribution in [2.75, 3.05) is 0 Å². The summed E-state index contributed by atoms with van der Waals surface area (Å²) in [4.78, 5) is 0. The minimum atomic E-state index is 0.0920. The summed E-state index contributed by atoms with van der Waals surface area (Å²) in [5, 5.41) is 12.6. The first-order valence-electron chi connectivity index (χ1n) is 5.92. The molecule has 2 N–H and O–H groups in total. The van der Waals surface area contributed by atoms with Crippen molar-refractivity contribution in [2.24, 2.45) is 0 Å². The van der Waals surface area contributed by atoms with Gasteiger partial charge in [0.2, 0.25) is 0 Å². The number of nitrogens with one attached hydrogen (secondary N) is 1. The highest BCUT2D eigenvalue weighted by Gasteiger charge is 2.00. The van der Waals surface area contributed by atoms with Gasteiger partial charge in [-0.1, -0.05) is 52.3 Å². The predicted octanol–water partition coefficient (Wildman–Crippen LogP) is 3.23. The van der Waals surface area contributed by atoms with Gasteiger partial charge in [0.25, 0.3) is 0 Å². The molecule has 0 bridgehead atoms. The molecule has 0 amide bonds. The Labute approximate surface area is 116 Å². The molecule has 2 aromatic carbocycles. The molecule has 0 radical (unpaired) electrons. The van der Waals surface area contributed by atoms with Crippen LogP contribution in [0.3, 0.4) is 0 Å². The second-order valence-electron chi connectivity index (χ2n) is 4.16. The Kier molecular flexibility index (Phi) is 4.93. The van der Waals surface area contributed by atoms with Crippen molar-refractivity contribution in [2.45, 2.75) is 19.7 Å². The first kappa shape index (κ1) is 13.3. The normalized spacial score (nSPS) is 10.6. The maximum Gasteiger partial charge on any atom is 0.0685 e. The molecule has 0 unspecified atom stereocenters. The minimum absolute atomic E-state index is 0.0920. The van der Waals surface area contributed by atoms with Crippen LogP contribution in [0.25, 0.3) is 0 Å². The summed E-state index contributed by atoms with van der Waals surface area (Å²) in [6.45, 7) is 1.68. The van der Waals surface area contributed by atoms with Crippen LogP contribution in [0.2, 0.25) is 0 Å². The Morgan fingerprint density at radius 3 is 2.44 bits per heavy atom. The van der Waals surface area contributed by atoms with E-state index in [2.05, 4.69) is 33.4 Å². The van der Waals surface area contributed by atoms with Crippen LogP contribution in [0.15, 0.2) is 53.0 Å². The van der Waals surface area contributed by atoms with E-state index in [1.54, 1.807) is 0 Å². The maximum absolute atomic E-state index is 9.24. The van der Waals surface area contributed by atoms with Gasteiger partial charge in [-0.25, -0.2) is 0 Å². The fourth-order valence-electron chi connectivity index (χ4n) is 1.87. The average molecular weight is 306 g/mol. The zero-order valence-corrected chi connectivity index (χ0v) is 11.7. The summed E-state index contributed by atoms with van der Waals surface area (Å²) >= 11 is 3.46. The van der Waals surface area contributed by atoms with Crippen LogP contribution in [0.5, 0.6) is 0 Å². The summed E-state index contributed by atoms with van der Waals surface area (Å²) in [5.41, 5.74) is 3.38. The summed E-state index contributed by atoms with van der Waals surface area (Å²) < 4.78 is 1.09. The standard InChI is InChI=1S/C15H16BrNO/c16-15-7-3-4-12(8-15)9-17-10-13-5-1-2-6-14(13)11-18/h1-8,17-18H,9-11H2. The van der Waals surface area contributed by atoms with Gasteiger partial charge in [0.15, 0.2) is 0 Å². The molecule has 0 saturated carbocycles. The molecule has 0 aliphatic rings. The van der Waals surface area contributed by atoms with E-state index in [-0.39, 0.29) is 6.61 Å². The quantitative estimate of drug-likeness (QED) is 0.889. The lowest BCUT2D eigenvalue weighted by Crippen LogP contribution is -2.14. The van der Waals surface area contributed by atoms with Crippen LogP contribution in [0, 0.1) is 0 Å². The number of aliphatic hydroxyl groups excluding tert-OH is 1. The van der Waals surface area contributed by atoms with E-state index in [9.17, 15) is 5.11 Å². The van der Waals surface area contributed by atoms with E-state index in [1.165, 1.54) is 5.56 Å². The second-order valence-corrected chi connectivity index (χ2v) is 5.08. The van der Waals surface area contributed by atoms with Crippen molar-refractivity contribution in [3.63, 3.8) is 0 Å². The number of aliphatic hydroxyl groups is 1. The monoisotopic (exact) mass is 305 g/mol. The molecule has 0 heterocycles. The smallest absolute Gasteiger partial charge is 0.0685 e. The summed E-state index contributed by atoms with van der Waals surface area (Å²) in [5.74, 6) is 0. The van der Waals surface area contributed by atoms with Crippen molar-refractivity contribution in [3.8, 4) is 0 Å². The maximum atomic E-state index is 9.24. The first-order valence-corrected chi connectivity index (χ1v) is 6.71. The Balaban J connectivity index is 1.92. The van der Waals surface area contributed by atoms with Crippen molar-refractivity contribution in [1.82, 2.24) is 5.32 Å². The van der Waals surface area contributed by atoms with Gasteiger partial charge in [-0.3, -0.25) is 0 Å². The Hall–Kier alpha value is -1.16. The van der Waals surface area contributed by atoms with Crippen LogP contribution in [-0.2, 0) is 19.7 Å². The molecule has 0 saturated heterocycles. The third-order valence-corrected chi connectivity index (χ3v) is 3.32. The van der Waals surface area contributed by atoms with E-state index < -0.39 is 0 Å². The number of benzene rings is 2. The van der Waals surface area contributed by atoms with Gasteiger partial charge < -0.3 is 10.4 Å². The summed E-state index contributed by atoms with van der Waals surface area (Å²) in [6, 6.07) is 16.2. The molecule has 0 aliphatic carbocycles. The van der Waals surface area contributed by atoms with E-state index in [4.69, 9.17) is 0 Å². The Morgan fingerprint density at radius 2 is 1.72 bits per heavy atom. The second kappa shape index (κ2) is 6.69. The molecule has 0 atom stereocenters. The molecule has 18 heavy (non-hydrogen) atoms. The third kappa shape index (κ3) is 3.67. The van der Waals surface area contributed by atoms with E-state index in [0.717, 1.165) is 28.7 Å². The van der Waals surface area contributed by atoms with Gasteiger partial charge in [0.1, 0.15) is 0 Å². The summed E-state index contributed by atoms with van der Waals surface area (Å²) in [7, 11) is 0. The average Bonchev–Trinajstić information content (AvgIpc) is 2.39. The van der Waals surface area contributed by atoms with Gasteiger partial charge in [-0.05, 0) is 28.8 Å². The van der Waals surface area contributed by atoms with Gasteiger partial charge in [-0.2, -0.15) is 0 Å². The number of hydrogen-bond acceptors (Lipinski definition) is 2. The molecule has 3 heteroatoms. The molecule has 0 fully saturated rings. The SMILES string of the molecule is OCc1ccccc1CNCc1cccc(Br)c1. The Morgan fingerprint density at radius 1 is 0.944 bits per heavy atom. The van der Waals surface area contributed by atoms with Crippen LogP contribution in [0.1, 0.15) is 16.7 Å². The largest absolute Gasteiger partial charge is 0.392 e. The molecule has 2 rings (SSSR count). The molecular formula is C15H16BrNO. The molecule has 2 aromatic rings. The molecule has 2 nitrogen and oxygen atoms in total. The third-order valence-electron chi connectivity index (χ3n) is 2.82. The lowest BCUT2D eigenvalue weighted by Gasteiger charge is -2.09. The highest BCUT2D eigenvalue weighted by molar-refractivity contribution is 9.10. The fourth-order valence-corrected chi connectivity index (χ4v) is 2.32. The molecule has 0 spiro atoms. The fraction of sp³-hybridized carbons (Fsp3) is 0.200. The minimum Gasteiger partial charge on any atom is -0.392 e. The lowest BCUT2D eigenvalue weighted by molar-refractivity contribution is 0.280. The highest BCUT2D eigenvalue weighted by atomic mass is 79.9. The predicted molar refractivity (Wildman–Crippen MR) is 77.1 cm³/mol. The Bertz CT molecular complexity index is 513. The van der Waals surface area contributed by atoms with Gasteiger partial charge in [0.05, 0.1) is 6.61 Å². The van der Waals surface area contributed by atoms with Crippen LogP contribution < -0.4 is 5.32 Å². The molecule has 0 aliphatic heterocycles. The van der Waals surface area contributed by atoms with Gasteiger partial charge in [-0.15, -0.1) is 0 Å². The zero-order valence-electron chi connectivity index (χ0n) is 10.1. The van der Waals surface area contributed by atoms with E-state index in [1.807, 2.05) is 36.4 Å². The number of hydrogen-bond donors (Lipinski definition) is 2. The van der Waals surface area contributed by atoms with Crippen molar-refractivity contribution in [1.29, 1.82) is 0 Å². The zero-order chi connectivity index (χ0) is 12.8. The van der Waals surface area contributed by atoms with Crippen LogP contribution >= 0.6 is 15.9 Å². The first-order chi connectivity index (χ1) is 8.79. The van der Waals surface area contributed by atoms with Crippen LogP contribution in [0.4, 0.5) is 0 Å². The number of rotatable bonds is 5. The van der Waals surface area contributed by atoms with Crippen LogP contribution in [-0.4, -0.2) is 5.11 Å². The topological polar surface area (TPSA) is 32.3 Å². The van der Waals surface area contributed by atoms with Crippen molar-refractivity contribution >= 4 is 15.9 Å². The molecular weight excluding hydrogens is 290 g/mol. The van der Waals surface area contributed by atoms with E-state index in [0.29, 0.717) is 0 Å². The number of halogens is 1. The van der Waals surface area contributed by atoms with Gasteiger partial charge >= 0.3 is 0 Å². The lowest BCUT2D eigenvalue weighted by atomic mass is 10.1. The van der Waals surface area contributed by atoms with Crippen molar-refractivity contribution < 1.29 is 5.11 Å².